The minimum Gasteiger partial charge on any atom is -0.468 e. The molecule has 5 nitrogen and oxygen atoms in total. The predicted molar refractivity (Wildman–Crippen MR) is 79.3 cm³/mol. The molecule has 0 bridgehead atoms. The van der Waals surface area contributed by atoms with Gasteiger partial charge in [0, 0.05) is 5.54 Å². The van der Waals surface area contributed by atoms with E-state index < -0.39 is 27.6 Å². The van der Waals surface area contributed by atoms with Gasteiger partial charge in [0.15, 0.2) is 0 Å². The third kappa shape index (κ3) is 2.82. The van der Waals surface area contributed by atoms with E-state index in [1.807, 2.05) is 20.8 Å². The Hall–Kier alpha value is -1.40. The van der Waals surface area contributed by atoms with E-state index in [-0.39, 0.29) is 4.90 Å². The minimum atomic E-state index is -3.73. The van der Waals surface area contributed by atoms with E-state index in [2.05, 4.69) is 0 Å². The molecule has 0 radical (unpaired) electrons. The maximum Gasteiger partial charge on any atom is 0.324 e. The number of hydrogen-bond donors (Lipinski definition) is 0. The number of sulfonamides is 1. The molecule has 0 aliphatic carbocycles. The molecule has 21 heavy (non-hydrogen) atoms. The zero-order valence-corrected chi connectivity index (χ0v) is 13.6. The zero-order valence-electron chi connectivity index (χ0n) is 12.8. The molecule has 1 heterocycles. The molecule has 1 unspecified atom stereocenters. The van der Waals surface area contributed by atoms with E-state index in [4.69, 9.17) is 4.74 Å². The third-order valence-electron chi connectivity index (χ3n) is 3.96. The van der Waals surface area contributed by atoms with Gasteiger partial charge in [0.2, 0.25) is 10.0 Å². The van der Waals surface area contributed by atoms with Crippen LogP contribution in [0.15, 0.2) is 29.2 Å². The number of methoxy groups -OCH3 is 1. The fraction of sp³-hybridized carbons (Fsp3) is 0.533. The van der Waals surface area contributed by atoms with Gasteiger partial charge in [-0.1, -0.05) is 17.7 Å². The van der Waals surface area contributed by atoms with Gasteiger partial charge in [-0.15, -0.1) is 0 Å². The molecule has 2 rings (SSSR count). The average molecular weight is 311 g/mol. The Morgan fingerprint density at radius 1 is 1.29 bits per heavy atom. The maximum absolute atomic E-state index is 12.9. The van der Waals surface area contributed by atoms with Crippen molar-refractivity contribution in [2.75, 3.05) is 7.11 Å². The Labute approximate surface area is 126 Å². The van der Waals surface area contributed by atoms with E-state index in [0.29, 0.717) is 12.8 Å². The predicted octanol–water partition coefficient (Wildman–Crippen LogP) is 2.10. The van der Waals surface area contributed by atoms with Crippen molar-refractivity contribution in [2.24, 2.45) is 0 Å². The summed E-state index contributed by atoms with van der Waals surface area (Å²) in [5.41, 5.74) is 0.377. The van der Waals surface area contributed by atoms with Gasteiger partial charge in [-0.3, -0.25) is 4.79 Å². The van der Waals surface area contributed by atoms with Gasteiger partial charge < -0.3 is 4.74 Å². The molecular formula is C15H21NO4S. The lowest BCUT2D eigenvalue weighted by Gasteiger charge is -2.33. The lowest BCUT2D eigenvalue weighted by molar-refractivity contribution is -0.145. The van der Waals surface area contributed by atoms with Crippen molar-refractivity contribution in [2.45, 2.75) is 50.1 Å². The number of benzene rings is 1. The van der Waals surface area contributed by atoms with Crippen LogP contribution >= 0.6 is 0 Å². The highest BCUT2D eigenvalue weighted by Crippen LogP contribution is 2.38. The SMILES string of the molecule is COC(=O)C1CCC(C)(C)N1S(=O)(=O)c1ccc(C)cc1. The molecule has 0 N–H and O–H groups in total. The Balaban J connectivity index is 2.48. The smallest absolute Gasteiger partial charge is 0.324 e. The normalized spacial score (nSPS) is 22.2. The second kappa shape index (κ2) is 5.42. The van der Waals surface area contributed by atoms with Gasteiger partial charge in [-0.25, -0.2) is 8.42 Å². The molecule has 1 atom stereocenters. The summed E-state index contributed by atoms with van der Waals surface area (Å²) in [6.07, 6.45) is 1.10. The minimum absolute atomic E-state index is 0.206. The monoisotopic (exact) mass is 311 g/mol. The quantitative estimate of drug-likeness (QED) is 0.802. The van der Waals surface area contributed by atoms with Crippen LogP contribution < -0.4 is 0 Å². The highest BCUT2D eigenvalue weighted by atomic mass is 32.2. The second-order valence-corrected chi connectivity index (χ2v) is 7.82. The summed E-state index contributed by atoms with van der Waals surface area (Å²) in [7, 11) is -2.45. The molecule has 1 aromatic carbocycles. The van der Waals surface area contributed by atoms with Crippen molar-refractivity contribution in [3.05, 3.63) is 29.8 Å². The fourth-order valence-corrected chi connectivity index (χ4v) is 4.78. The van der Waals surface area contributed by atoms with Gasteiger partial charge in [-0.05, 0) is 45.7 Å². The zero-order chi connectivity index (χ0) is 15.8. The summed E-state index contributed by atoms with van der Waals surface area (Å²) in [6, 6.07) is 5.91. The van der Waals surface area contributed by atoms with Crippen molar-refractivity contribution < 1.29 is 17.9 Å². The van der Waals surface area contributed by atoms with Crippen LogP contribution in [0.4, 0.5) is 0 Å². The van der Waals surface area contributed by atoms with Gasteiger partial charge >= 0.3 is 5.97 Å². The van der Waals surface area contributed by atoms with Crippen molar-refractivity contribution in [1.82, 2.24) is 4.31 Å². The first-order chi connectivity index (χ1) is 9.70. The lowest BCUT2D eigenvalue weighted by atomic mass is 10.0. The van der Waals surface area contributed by atoms with Crippen LogP contribution in [0, 0.1) is 6.92 Å². The van der Waals surface area contributed by atoms with Crippen LogP contribution in [0.25, 0.3) is 0 Å². The maximum atomic E-state index is 12.9. The number of nitrogens with zero attached hydrogens (tertiary/aromatic N) is 1. The van der Waals surface area contributed by atoms with Gasteiger partial charge in [0.05, 0.1) is 12.0 Å². The van der Waals surface area contributed by atoms with Crippen LogP contribution in [0.2, 0.25) is 0 Å². The van der Waals surface area contributed by atoms with Crippen molar-refractivity contribution >= 4 is 16.0 Å². The van der Waals surface area contributed by atoms with Gasteiger partial charge in [-0.2, -0.15) is 4.31 Å². The molecule has 1 aromatic rings. The number of carbonyl (C=O) groups excluding carboxylic acids is 1. The molecule has 0 saturated carbocycles. The first kappa shape index (κ1) is 16.0. The van der Waals surface area contributed by atoms with Crippen LogP contribution in [-0.2, 0) is 19.6 Å². The van der Waals surface area contributed by atoms with Crippen molar-refractivity contribution in [1.29, 1.82) is 0 Å². The van der Waals surface area contributed by atoms with Crippen LogP contribution in [-0.4, -0.2) is 37.4 Å². The molecule has 1 aliphatic rings. The Bertz CT molecular complexity index is 634. The van der Waals surface area contributed by atoms with E-state index in [9.17, 15) is 13.2 Å². The average Bonchev–Trinajstić information content (AvgIpc) is 2.74. The topological polar surface area (TPSA) is 63.7 Å². The summed E-state index contributed by atoms with van der Waals surface area (Å²) >= 11 is 0. The van der Waals surface area contributed by atoms with E-state index in [0.717, 1.165) is 5.56 Å². The first-order valence-electron chi connectivity index (χ1n) is 6.89. The molecule has 1 saturated heterocycles. The van der Waals surface area contributed by atoms with Gasteiger partial charge in [0.25, 0.3) is 0 Å². The Kier molecular flexibility index (Phi) is 4.13. The highest BCUT2D eigenvalue weighted by molar-refractivity contribution is 7.89. The van der Waals surface area contributed by atoms with E-state index >= 15 is 0 Å². The Morgan fingerprint density at radius 3 is 2.38 bits per heavy atom. The molecule has 1 aliphatic heterocycles. The summed E-state index contributed by atoms with van der Waals surface area (Å²) in [5.74, 6) is -0.503. The van der Waals surface area contributed by atoms with Gasteiger partial charge in [0.1, 0.15) is 6.04 Å². The van der Waals surface area contributed by atoms with Crippen LogP contribution in [0.5, 0.6) is 0 Å². The second-order valence-electron chi connectivity index (χ2n) is 6.00. The molecule has 0 amide bonds. The number of ether oxygens (including phenoxy) is 1. The molecule has 6 heteroatoms. The Morgan fingerprint density at radius 2 is 1.86 bits per heavy atom. The molecule has 0 aromatic heterocycles. The van der Waals surface area contributed by atoms with Crippen LogP contribution in [0.3, 0.4) is 0 Å². The number of esters is 1. The third-order valence-corrected chi connectivity index (χ3v) is 6.09. The molecule has 0 spiro atoms. The molecular weight excluding hydrogens is 290 g/mol. The number of rotatable bonds is 3. The van der Waals surface area contributed by atoms with Crippen LogP contribution in [0.1, 0.15) is 32.3 Å². The standard InChI is InChI=1S/C15H21NO4S/c1-11-5-7-12(8-6-11)21(18,19)16-13(14(17)20-4)9-10-15(16,2)3/h5-8,13H,9-10H2,1-4H3. The highest BCUT2D eigenvalue weighted by Gasteiger charge is 2.50. The number of hydrogen-bond acceptors (Lipinski definition) is 4. The summed E-state index contributed by atoms with van der Waals surface area (Å²) < 4.78 is 31.9. The largest absolute Gasteiger partial charge is 0.468 e. The molecule has 1 fully saturated rings. The van der Waals surface area contributed by atoms with Crippen molar-refractivity contribution in [3.63, 3.8) is 0 Å². The summed E-state index contributed by atoms with van der Waals surface area (Å²) in [6.45, 7) is 5.57. The number of aryl methyl sites for hydroxylation is 1. The first-order valence-corrected chi connectivity index (χ1v) is 8.33. The summed E-state index contributed by atoms with van der Waals surface area (Å²) in [5, 5.41) is 0. The molecule has 116 valence electrons. The summed E-state index contributed by atoms with van der Waals surface area (Å²) in [4.78, 5) is 12.1. The van der Waals surface area contributed by atoms with E-state index in [1.165, 1.54) is 11.4 Å². The fourth-order valence-electron chi connectivity index (χ4n) is 2.81. The lowest BCUT2D eigenvalue weighted by Crippen LogP contribution is -2.49. The van der Waals surface area contributed by atoms with Crippen molar-refractivity contribution in [3.8, 4) is 0 Å². The van der Waals surface area contributed by atoms with E-state index in [1.54, 1.807) is 24.3 Å². The number of carbonyl (C=O) groups is 1.